The summed E-state index contributed by atoms with van der Waals surface area (Å²) >= 11 is 25.0. The Labute approximate surface area is 226 Å². The number of nitrogens with zero attached hydrogens (tertiary/aromatic N) is 2. The Hall–Kier alpha value is -2.68. The molecule has 184 valence electrons. The standard InChI is InChI=1S/C25H18Cl4N4O3/c1-12-20(23(35)33(11-34)16-7-13(26)6-14(27)8-16)22(19-4-2-3-5-30-19)32-25(12)17-9-15(28)10-18(29)21(17)31-24(25)36/h2-12,20,22,32H,1H3,(H,31,36). The van der Waals surface area contributed by atoms with E-state index < -0.39 is 29.3 Å². The Morgan fingerprint density at radius 1 is 1.06 bits per heavy atom. The van der Waals surface area contributed by atoms with Crippen LogP contribution in [0.15, 0.2) is 54.7 Å². The Kier molecular flexibility index (Phi) is 6.47. The largest absolute Gasteiger partial charge is 0.323 e. The number of amides is 3. The van der Waals surface area contributed by atoms with Crippen molar-refractivity contribution in [1.82, 2.24) is 10.3 Å². The van der Waals surface area contributed by atoms with Crippen molar-refractivity contribution in [2.45, 2.75) is 18.5 Å². The molecule has 2 N–H and O–H groups in total. The summed E-state index contributed by atoms with van der Waals surface area (Å²) in [6.45, 7) is 1.77. The zero-order valence-corrected chi connectivity index (χ0v) is 21.7. The second kappa shape index (κ2) is 9.32. The van der Waals surface area contributed by atoms with Gasteiger partial charge in [0.25, 0.3) is 0 Å². The third-order valence-corrected chi connectivity index (χ3v) is 7.75. The van der Waals surface area contributed by atoms with Gasteiger partial charge in [-0.15, -0.1) is 0 Å². The average Bonchev–Trinajstić information content (AvgIpc) is 3.29. The summed E-state index contributed by atoms with van der Waals surface area (Å²) in [6.07, 6.45) is 2.01. The van der Waals surface area contributed by atoms with Crippen LogP contribution >= 0.6 is 46.4 Å². The van der Waals surface area contributed by atoms with Crippen LogP contribution in [0.4, 0.5) is 11.4 Å². The van der Waals surface area contributed by atoms with Crippen LogP contribution in [0, 0.1) is 11.8 Å². The predicted octanol–water partition coefficient (Wildman–Crippen LogP) is 5.63. The fraction of sp³-hybridized carbons (Fsp3) is 0.200. The molecule has 2 aliphatic rings. The van der Waals surface area contributed by atoms with Gasteiger partial charge in [-0.25, -0.2) is 0 Å². The van der Waals surface area contributed by atoms with Crippen LogP contribution in [0.3, 0.4) is 0 Å². The summed E-state index contributed by atoms with van der Waals surface area (Å²) in [4.78, 5) is 45.2. The monoisotopic (exact) mass is 562 g/mol. The highest BCUT2D eigenvalue weighted by molar-refractivity contribution is 6.38. The number of halogens is 4. The number of benzene rings is 2. The molecule has 11 heteroatoms. The molecule has 3 heterocycles. The zero-order valence-electron chi connectivity index (χ0n) is 18.6. The van der Waals surface area contributed by atoms with Crippen molar-refractivity contribution in [3.8, 4) is 0 Å². The van der Waals surface area contributed by atoms with E-state index in [1.807, 2.05) is 0 Å². The topological polar surface area (TPSA) is 91.4 Å². The summed E-state index contributed by atoms with van der Waals surface area (Å²) in [6, 6.07) is 12.2. The number of pyridine rings is 1. The van der Waals surface area contributed by atoms with E-state index in [1.165, 1.54) is 24.3 Å². The van der Waals surface area contributed by atoms with Crippen LogP contribution in [0.5, 0.6) is 0 Å². The second-order valence-electron chi connectivity index (χ2n) is 8.70. The van der Waals surface area contributed by atoms with Gasteiger partial charge in [-0.05, 0) is 42.5 Å². The number of nitrogens with one attached hydrogen (secondary N) is 2. The number of rotatable bonds is 4. The molecular formula is C25H18Cl4N4O3. The first kappa shape index (κ1) is 25.0. The molecule has 1 fully saturated rings. The average molecular weight is 564 g/mol. The van der Waals surface area contributed by atoms with Gasteiger partial charge in [0.2, 0.25) is 18.2 Å². The van der Waals surface area contributed by atoms with E-state index in [0.717, 1.165) is 4.90 Å². The van der Waals surface area contributed by atoms with Crippen LogP contribution in [-0.4, -0.2) is 23.2 Å². The van der Waals surface area contributed by atoms with Gasteiger partial charge in [-0.2, -0.15) is 0 Å². The van der Waals surface area contributed by atoms with E-state index >= 15 is 0 Å². The maximum atomic E-state index is 14.0. The first-order chi connectivity index (χ1) is 17.2. The number of imide groups is 1. The lowest BCUT2D eigenvalue weighted by Gasteiger charge is -2.29. The van der Waals surface area contributed by atoms with E-state index in [2.05, 4.69) is 15.6 Å². The molecule has 36 heavy (non-hydrogen) atoms. The lowest BCUT2D eigenvalue weighted by molar-refractivity contribution is -0.127. The van der Waals surface area contributed by atoms with Crippen molar-refractivity contribution in [3.05, 3.63) is 86.1 Å². The Balaban J connectivity index is 1.67. The number of aromatic nitrogens is 1. The number of carbonyl (C=O) groups is 3. The van der Waals surface area contributed by atoms with Crippen LogP contribution in [0.2, 0.25) is 20.1 Å². The second-order valence-corrected chi connectivity index (χ2v) is 10.4. The Morgan fingerprint density at radius 2 is 1.75 bits per heavy atom. The summed E-state index contributed by atoms with van der Waals surface area (Å²) in [7, 11) is 0. The number of hydrogen-bond donors (Lipinski definition) is 2. The van der Waals surface area contributed by atoms with Crippen molar-refractivity contribution in [2.75, 3.05) is 10.2 Å². The fourth-order valence-corrected chi connectivity index (χ4v) is 6.27. The zero-order chi connectivity index (χ0) is 25.8. The normalized spacial score (nSPS) is 24.5. The van der Waals surface area contributed by atoms with Gasteiger partial charge in [-0.1, -0.05) is 59.4 Å². The maximum absolute atomic E-state index is 14.0. The van der Waals surface area contributed by atoms with Crippen LogP contribution in [0.1, 0.15) is 24.2 Å². The van der Waals surface area contributed by atoms with Gasteiger partial charge in [0.1, 0.15) is 5.54 Å². The predicted molar refractivity (Wildman–Crippen MR) is 140 cm³/mol. The molecule has 0 saturated carbocycles. The van der Waals surface area contributed by atoms with Crippen molar-refractivity contribution in [1.29, 1.82) is 0 Å². The fourth-order valence-electron chi connectivity index (χ4n) is 5.22. The quantitative estimate of drug-likeness (QED) is 0.401. The first-order valence-corrected chi connectivity index (χ1v) is 12.4. The van der Waals surface area contributed by atoms with Gasteiger partial charge < -0.3 is 5.32 Å². The summed E-state index contributed by atoms with van der Waals surface area (Å²) in [5.41, 5.74) is 0.337. The molecule has 2 aromatic carbocycles. The SMILES string of the molecule is CC1C(C(=O)N(C=O)c2cc(Cl)cc(Cl)c2)C(c2ccccn2)NC12C(=O)Nc1c(Cl)cc(Cl)cc12. The lowest BCUT2D eigenvalue weighted by atomic mass is 9.75. The third kappa shape index (κ3) is 3.86. The van der Waals surface area contributed by atoms with E-state index in [0.29, 0.717) is 28.4 Å². The summed E-state index contributed by atoms with van der Waals surface area (Å²) in [5, 5.41) is 7.36. The highest BCUT2D eigenvalue weighted by atomic mass is 35.5. The minimum atomic E-state index is -1.35. The molecule has 2 aliphatic heterocycles. The molecule has 3 aromatic rings. The van der Waals surface area contributed by atoms with Crippen molar-refractivity contribution < 1.29 is 14.4 Å². The third-order valence-electron chi connectivity index (χ3n) is 6.80. The number of hydrogen-bond acceptors (Lipinski definition) is 5. The van der Waals surface area contributed by atoms with E-state index in [-0.39, 0.29) is 26.7 Å². The van der Waals surface area contributed by atoms with Gasteiger partial charge >= 0.3 is 0 Å². The molecule has 0 bridgehead atoms. The Bertz CT molecular complexity index is 1380. The van der Waals surface area contributed by atoms with Gasteiger partial charge in [0.15, 0.2) is 0 Å². The van der Waals surface area contributed by atoms with Crippen molar-refractivity contribution in [3.63, 3.8) is 0 Å². The molecule has 4 atom stereocenters. The molecule has 0 radical (unpaired) electrons. The first-order valence-electron chi connectivity index (χ1n) is 10.9. The molecule has 3 amide bonds. The summed E-state index contributed by atoms with van der Waals surface area (Å²) in [5.74, 6) is -2.47. The molecule has 1 spiro atoms. The van der Waals surface area contributed by atoms with Crippen molar-refractivity contribution >= 4 is 76.0 Å². The molecular weight excluding hydrogens is 546 g/mol. The molecule has 1 saturated heterocycles. The minimum absolute atomic E-state index is 0.211. The minimum Gasteiger partial charge on any atom is -0.323 e. The van der Waals surface area contributed by atoms with Crippen LogP contribution < -0.4 is 15.5 Å². The molecule has 4 unspecified atom stereocenters. The van der Waals surface area contributed by atoms with Gasteiger partial charge in [0, 0.05) is 32.7 Å². The van der Waals surface area contributed by atoms with E-state index in [9.17, 15) is 14.4 Å². The van der Waals surface area contributed by atoms with Gasteiger partial charge in [-0.3, -0.25) is 29.6 Å². The summed E-state index contributed by atoms with van der Waals surface area (Å²) < 4.78 is 0. The number of fused-ring (bicyclic) bond motifs is 2. The molecule has 1 aromatic heterocycles. The van der Waals surface area contributed by atoms with Crippen LogP contribution in [-0.2, 0) is 19.9 Å². The number of carbonyl (C=O) groups excluding carboxylic acids is 3. The lowest BCUT2D eigenvalue weighted by Crippen LogP contribution is -2.48. The molecule has 7 nitrogen and oxygen atoms in total. The highest BCUT2D eigenvalue weighted by Crippen LogP contribution is 2.55. The maximum Gasteiger partial charge on any atom is 0.249 e. The highest BCUT2D eigenvalue weighted by Gasteiger charge is 2.63. The number of anilines is 2. The van der Waals surface area contributed by atoms with Crippen LogP contribution in [0.25, 0.3) is 0 Å². The van der Waals surface area contributed by atoms with E-state index in [4.69, 9.17) is 46.4 Å². The Morgan fingerprint density at radius 3 is 2.39 bits per heavy atom. The smallest absolute Gasteiger partial charge is 0.249 e. The van der Waals surface area contributed by atoms with Crippen molar-refractivity contribution in [2.24, 2.45) is 11.8 Å². The molecule has 0 aliphatic carbocycles. The molecule has 5 rings (SSSR count). The van der Waals surface area contributed by atoms with Gasteiger partial charge in [0.05, 0.1) is 34.1 Å². The van der Waals surface area contributed by atoms with E-state index in [1.54, 1.807) is 37.4 Å².